The molecule has 0 bridgehead atoms. The number of piperidine rings is 1. The van der Waals surface area contributed by atoms with Crippen LogP contribution < -0.4 is 10.5 Å². The minimum absolute atomic E-state index is 0.275. The standard InChI is InChI=1S/C16H25BrN2O/c1-3-12-6-8-19(9-7-12)16(11-18)14-10-13(20-2)4-5-15(14)17/h4-5,10,12,16H,3,6-9,11,18H2,1-2H3. The van der Waals surface area contributed by atoms with Crippen LogP contribution in [0.25, 0.3) is 0 Å². The molecule has 1 aromatic rings. The van der Waals surface area contributed by atoms with Crippen molar-refractivity contribution in [3.05, 3.63) is 28.2 Å². The van der Waals surface area contributed by atoms with Gasteiger partial charge in [-0.05, 0) is 55.6 Å². The first-order valence-electron chi connectivity index (χ1n) is 7.47. The van der Waals surface area contributed by atoms with Gasteiger partial charge in [-0.25, -0.2) is 0 Å². The average Bonchev–Trinajstić information content (AvgIpc) is 2.50. The van der Waals surface area contributed by atoms with Crippen molar-refractivity contribution < 1.29 is 4.74 Å². The van der Waals surface area contributed by atoms with Crippen LogP contribution >= 0.6 is 15.9 Å². The van der Waals surface area contributed by atoms with E-state index in [1.807, 2.05) is 6.07 Å². The normalized spacial score (nSPS) is 19.0. The molecule has 0 saturated carbocycles. The lowest BCUT2D eigenvalue weighted by molar-refractivity contribution is 0.133. The molecule has 1 saturated heterocycles. The molecule has 0 spiro atoms. The highest BCUT2D eigenvalue weighted by Gasteiger charge is 2.26. The lowest BCUT2D eigenvalue weighted by Crippen LogP contribution is -2.39. The fourth-order valence-corrected chi connectivity index (χ4v) is 3.56. The third kappa shape index (κ3) is 3.54. The number of likely N-dealkylation sites (tertiary alicyclic amines) is 1. The maximum atomic E-state index is 6.06. The second-order valence-corrected chi connectivity index (χ2v) is 6.38. The maximum absolute atomic E-state index is 6.06. The number of hydrogen-bond acceptors (Lipinski definition) is 3. The van der Waals surface area contributed by atoms with Crippen LogP contribution in [-0.4, -0.2) is 31.6 Å². The van der Waals surface area contributed by atoms with E-state index < -0.39 is 0 Å². The van der Waals surface area contributed by atoms with E-state index in [4.69, 9.17) is 10.5 Å². The smallest absolute Gasteiger partial charge is 0.119 e. The summed E-state index contributed by atoms with van der Waals surface area (Å²) in [5.41, 5.74) is 7.30. The number of nitrogens with two attached hydrogens (primary N) is 1. The van der Waals surface area contributed by atoms with Gasteiger partial charge in [-0.1, -0.05) is 29.3 Å². The van der Waals surface area contributed by atoms with Crippen molar-refractivity contribution in [3.8, 4) is 5.75 Å². The zero-order valence-corrected chi connectivity index (χ0v) is 14.0. The SMILES string of the molecule is CCC1CCN(C(CN)c2cc(OC)ccc2Br)CC1. The Labute approximate surface area is 130 Å². The van der Waals surface area contributed by atoms with Crippen molar-refractivity contribution in [2.45, 2.75) is 32.2 Å². The molecule has 0 aliphatic carbocycles. The fraction of sp³-hybridized carbons (Fsp3) is 0.625. The van der Waals surface area contributed by atoms with Gasteiger partial charge in [-0.15, -0.1) is 0 Å². The minimum atomic E-state index is 0.275. The number of rotatable bonds is 5. The van der Waals surface area contributed by atoms with E-state index in [1.165, 1.54) is 24.8 Å². The highest BCUT2D eigenvalue weighted by molar-refractivity contribution is 9.10. The third-order valence-corrected chi connectivity index (χ3v) is 5.17. The predicted octanol–water partition coefficient (Wildman–Crippen LogP) is 3.58. The molecule has 1 aromatic carbocycles. The number of benzene rings is 1. The maximum Gasteiger partial charge on any atom is 0.119 e. The molecule has 1 aliphatic heterocycles. The first-order chi connectivity index (χ1) is 9.69. The molecule has 1 fully saturated rings. The number of hydrogen-bond donors (Lipinski definition) is 1. The van der Waals surface area contributed by atoms with Crippen molar-refractivity contribution in [2.75, 3.05) is 26.7 Å². The first kappa shape index (κ1) is 15.8. The van der Waals surface area contributed by atoms with Crippen LogP contribution in [0.3, 0.4) is 0 Å². The van der Waals surface area contributed by atoms with Crippen molar-refractivity contribution >= 4 is 15.9 Å². The molecule has 4 heteroatoms. The van der Waals surface area contributed by atoms with Gasteiger partial charge < -0.3 is 10.5 Å². The summed E-state index contributed by atoms with van der Waals surface area (Å²) < 4.78 is 6.46. The largest absolute Gasteiger partial charge is 0.497 e. The molecule has 1 unspecified atom stereocenters. The van der Waals surface area contributed by atoms with Crippen molar-refractivity contribution in [2.24, 2.45) is 11.7 Å². The van der Waals surface area contributed by atoms with E-state index >= 15 is 0 Å². The first-order valence-corrected chi connectivity index (χ1v) is 8.26. The number of ether oxygens (including phenoxy) is 1. The van der Waals surface area contributed by atoms with Crippen LogP contribution in [0.2, 0.25) is 0 Å². The molecular formula is C16H25BrN2O. The van der Waals surface area contributed by atoms with Gasteiger partial charge in [0.1, 0.15) is 5.75 Å². The molecule has 112 valence electrons. The molecule has 0 radical (unpaired) electrons. The van der Waals surface area contributed by atoms with Gasteiger partial charge in [-0.3, -0.25) is 4.90 Å². The monoisotopic (exact) mass is 340 g/mol. The van der Waals surface area contributed by atoms with Crippen LogP contribution in [0.1, 0.15) is 37.8 Å². The summed E-state index contributed by atoms with van der Waals surface area (Å²) >= 11 is 3.66. The van der Waals surface area contributed by atoms with E-state index in [0.717, 1.165) is 29.2 Å². The molecule has 2 rings (SSSR count). The van der Waals surface area contributed by atoms with Gasteiger partial charge in [0.2, 0.25) is 0 Å². The van der Waals surface area contributed by atoms with Crippen LogP contribution in [0.4, 0.5) is 0 Å². The van der Waals surface area contributed by atoms with Crippen molar-refractivity contribution in [1.82, 2.24) is 4.90 Å². The van der Waals surface area contributed by atoms with Gasteiger partial charge in [0, 0.05) is 17.1 Å². The van der Waals surface area contributed by atoms with Gasteiger partial charge in [0.05, 0.1) is 7.11 Å². The van der Waals surface area contributed by atoms with E-state index in [9.17, 15) is 0 Å². The Morgan fingerprint density at radius 1 is 1.40 bits per heavy atom. The number of halogens is 1. The van der Waals surface area contributed by atoms with Crippen molar-refractivity contribution in [1.29, 1.82) is 0 Å². The lowest BCUT2D eigenvalue weighted by Gasteiger charge is -2.37. The highest BCUT2D eigenvalue weighted by Crippen LogP contribution is 2.33. The third-order valence-electron chi connectivity index (χ3n) is 4.45. The molecule has 2 N–H and O–H groups in total. The molecule has 1 atom stereocenters. The minimum Gasteiger partial charge on any atom is -0.497 e. The molecule has 1 heterocycles. The Kier molecular flexibility index (Phi) is 5.87. The zero-order chi connectivity index (χ0) is 14.5. The van der Waals surface area contributed by atoms with Crippen LogP contribution in [0.5, 0.6) is 5.75 Å². The topological polar surface area (TPSA) is 38.5 Å². The number of nitrogens with zero attached hydrogens (tertiary/aromatic N) is 1. The Morgan fingerprint density at radius 2 is 2.10 bits per heavy atom. The number of methoxy groups -OCH3 is 1. The van der Waals surface area contributed by atoms with Crippen LogP contribution in [0, 0.1) is 5.92 Å². The van der Waals surface area contributed by atoms with E-state index in [2.05, 4.69) is 39.9 Å². The van der Waals surface area contributed by atoms with Gasteiger partial charge in [0.25, 0.3) is 0 Å². The summed E-state index contributed by atoms with van der Waals surface area (Å²) in [6.07, 6.45) is 3.87. The van der Waals surface area contributed by atoms with E-state index in [0.29, 0.717) is 6.54 Å². The van der Waals surface area contributed by atoms with Crippen molar-refractivity contribution in [3.63, 3.8) is 0 Å². The Bertz CT molecular complexity index is 430. The fourth-order valence-electron chi connectivity index (χ4n) is 3.05. The van der Waals surface area contributed by atoms with Gasteiger partial charge in [-0.2, -0.15) is 0 Å². The highest BCUT2D eigenvalue weighted by atomic mass is 79.9. The summed E-state index contributed by atoms with van der Waals surface area (Å²) in [5, 5.41) is 0. The van der Waals surface area contributed by atoms with E-state index in [1.54, 1.807) is 7.11 Å². The predicted molar refractivity (Wildman–Crippen MR) is 87.1 cm³/mol. The van der Waals surface area contributed by atoms with Crippen LogP contribution in [0.15, 0.2) is 22.7 Å². The Hall–Kier alpha value is -0.580. The quantitative estimate of drug-likeness (QED) is 0.890. The molecular weight excluding hydrogens is 316 g/mol. The van der Waals surface area contributed by atoms with Gasteiger partial charge >= 0.3 is 0 Å². The molecule has 20 heavy (non-hydrogen) atoms. The Morgan fingerprint density at radius 3 is 2.65 bits per heavy atom. The molecule has 1 aliphatic rings. The van der Waals surface area contributed by atoms with Gasteiger partial charge in [0.15, 0.2) is 0 Å². The summed E-state index contributed by atoms with van der Waals surface area (Å²) in [6.45, 7) is 5.22. The lowest BCUT2D eigenvalue weighted by atomic mass is 9.92. The summed E-state index contributed by atoms with van der Waals surface area (Å²) in [5.74, 6) is 1.78. The Balaban J connectivity index is 2.16. The second-order valence-electron chi connectivity index (χ2n) is 5.53. The van der Waals surface area contributed by atoms with Crippen LogP contribution in [-0.2, 0) is 0 Å². The molecule has 0 aromatic heterocycles. The van der Waals surface area contributed by atoms with E-state index in [-0.39, 0.29) is 6.04 Å². The summed E-state index contributed by atoms with van der Waals surface area (Å²) in [4.78, 5) is 2.52. The average molecular weight is 341 g/mol. The molecule has 3 nitrogen and oxygen atoms in total. The zero-order valence-electron chi connectivity index (χ0n) is 12.4. The summed E-state index contributed by atoms with van der Waals surface area (Å²) in [6, 6.07) is 6.41. The second kappa shape index (κ2) is 7.43. The molecule has 0 amide bonds. The summed E-state index contributed by atoms with van der Waals surface area (Å²) in [7, 11) is 1.71.